The van der Waals surface area contributed by atoms with Crippen molar-refractivity contribution in [1.82, 2.24) is 30.5 Å². The number of pyridine rings is 1. The van der Waals surface area contributed by atoms with Gasteiger partial charge in [-0.2, -0.15) is 0 Å². The normalized spacial score (nSPS) is 14.6. The standard InChI is InChI=1S/C52H52N6O8/c1-65-46-26-37(15-16-38(46)27-53-30-45(60)42-17-19-44(59)49-43(42)18-20-48(61)57-49)50(62)56-31-47-54-28-39(29-55-47)36-11-8-14-41(25-36)52(64,40-12-6-3-7-13-40)51(63)66-33-35-21-23-58(24-22-35)32-34-9-4-2-5-10-34/h2-20,25-26,28-29,35,45,53,59-60,64H,21-24,27,30-33H2,1H3,(H,56,62)(H,57,61)/t45-,52?/m0/s1. The van der Waals surface area contributed by atoms with Crippen molar-refractivity contribution in [3.05, 3.63) is 189 Å². The van der Waals surface area contributed by atoms with Gasteiger partial charge in [-0.05, 0) is 84.4 Å². The lowest BCUT2D eigenvalue weighted by molar-refractivity contribution is -0.164. The van der Waals surface area contributed by atoms with E-state index in [2.05, 4.69) is 54.8 Å². The number of fused-ring (bicyclic) bond motifs is 1. The average Bonchev–Trinajstić information content (AvgIpc) is 3.36. The number of amides is 1. The van der Waals surface area contributed by atoms with Crippen LogP contribution in [0.3, 0.4) is 0 Å². The molecule has 8 rings (SSSR count). The molecule has 5 aromatic carbocycles. The third-order valence-electron chi connectivity index (χ3n) is 12.1. The van der Waals surface area contributed by atoms with Crippen LogP contribution in [0, 0.1) is 5.92 Å². The van der Waals surface area contributed by atoms with Crippen LogP contribution in [-0.4, -0.2) is 80.4 Å². The number of H-pyrrole nitrogens is 1. The quantitative estimate of drug-likeness (QED) is 0.0572. The van der Waals surface area contributed by atoms with Gasteiger partial charge in [0.05, 0.1) is 31.9 Å². The second-order valence-electron chi connectivity index (χ2n) is 16.5. The number of likely N-dealkylation sites (tertiary alicyclic amines) is 1. The summed E-state index contributed by atoms with van der Waals surface area (Å²) in [6.07, 6.45) is 4.10. The Labute approximate surface area is 381 Å². The molecular weight excluding hydrogens is 837 g/mol. The summed E-state index contributed by atoms with van der Waals surface area (Å²) in [5.41, 5.74) is 2.84. The van der Waals surface area contributed by atoms with Crippen LogP contribution < -0.4 is 20.9 Å². The minimum atomic E-state index is -2.06. The number of carbonyl (C=O) groups excluding carboxylic acids is 2. The molecule has 1 unspecified atom stereocenters. The van der Waals surface area contributed by atoms with Crippen LogP contribution in [0.5, 0.6) is 11.5 Å². The number of ether oxygens (including phenoxy) is 2. The fourth-order valence-electron chi connectivity index (χ4n) is 8.35. The Balaban J connectivity index is 0.863. The first-order valence-electron chi connectivity index (χ1n) is 21.9. The maximum absolute atomic E-state index is 14.0. The van der Waals surface area contributed by atoms with E-state index in [9.17, 15) is 29.7 Å². The number of aliphatic hydroxyl groups excluding tert-OH is 1. The lowest BCUT2D eigenvalue weighted by Crippen LogP contribution is -2.40. The monoisotopic (exact) mass is 888 g/mol. The second-order valence-corrected chi connectivity index (χ2v) is 16.5. The minimum Gasteiger partial charge on any atom is -0.506 e. The summed E-state index contributed by atoms with van der Waals surface area (Å²) in [6.45, 7) is 3.45. The zero-order chi connectivity index (χ0) is 46.0. The van der Waals surface area contributed by atoms with E-state index in [4.69, 9.17) is 9.47 Å². The predicted octanol–water partition coefficient (Wildman–Crippen LogP) is 6.14. The zero-order valence-corrected chi connectivity index (χ0v) is 36.5. The highest BCUT2D eigenvalue weighted by molar-refractivity contribution is 5.94. The summed E-state index contributed by atoms with van der Waals surface area (Å²) in [7, 11) is 1.51. The van der Waals surface area contributed by atoms with E-state index in [-0.39, 0.29) is 48.3 Å². The van der Waals surface area contributed by atoms with E-state index in [1.807, 2.05) is 18.2 Å². The number of aromatic amines is 1. The molecule has 0 spiro atoms. The van der Waals surface area contributed by atoms with E-state index in [0.717, 1.165) is 38.0 Å². The molecular formula is C52H52N6O8. The van der Waals surface area contributed by atoms with Gasteiger partial charge in [0, 0.05) is 65.7 Å². The molecule has 1 saturated heterocycles. The van der Waals surface area contributed by atoms with E-state index in [0.29, 0.717) is 56.9 Å². The van der Waals surface area contributed by atoms with E-state index in [1.54, 1.807) is 85.2 Å². The molecule has 2 atom stereocenters. The van der Waals surface area contributed by atoms with Crippen LogP contribution in [0.2, 0.25) is 0 Å². The Morgan fingerprint density at radius 3 is 2.32 bits per heavy atom. The van der Waals surface area contributed by atoms with Crippen LogP contribution in [0.25, 0.3) is 22.0 Å². The maximum atomic E-state index is 14.0. The number of piperidine rings is 1. The van der Waals surface area contributed by atoms with Crippen molar-refractivity contribution in [1.29, 1.82) is 0 Å². The molecule has 6 N–H and O–H groups in total. The summed E-state index contributed by atoms with van der Waals surface area (Å²) in [5, 5.41) is 40.0. The Kier molecular flexibility index (Phi) is 14.2. The lowest BCUT2D eigenvalue weighted by Gasteiger charge is -2.33. The van der Waals surface area contributed by atoms with Crippen LogP contribution in [-0.2, 0) is 34.8 Å². The van der Waals surface area contributed by atoms with Crippen molar-refractivity contribution in [2.24, 2.45) is 5.92 Å². The molecule has 338 valence electrons. The van der Waals surface area contributed by atoms with E-state index in [1.165, 1.54) is 24.8 Å². The fraction of sp³-hybridized carbons (Fsp3) is 0.250. The van der Waals surface area contributed by atoms with Gasteiger partial charge in [0.25, 0.3) is 5.91 Å². The molecule has 66 heavy (non-hydrogen) atoms. The van der Waals surface area contributed by atoms with Gasteiger partial charge in [0.2, 0.25) is 11.2 Å². The van der Waals surface area contributed by atoms with Crippen molar-refractivity contribution in [2.75, 3.05) is 33.4 Å². The van der Waals surface area contributed by atoms with Gasteiger partial charge in [-0.3, -0.25) is 14.5 Å². The number of hydrogen-bond acceptors (Lipinski definition) is 12. The zero-order valence-electron chi connectivity index (χ0n) is 36.5. The van der Waals surface area contributed by atoms with Crippen molar-refractivity contribution >= 4 is 22.8 Å². The summed E-state index contributed by atoms with van der Waals surface area (Å²) in [5.74, 6) is -0.144. The van der Waals surface area contributed by atoms with Crippen LogP contribution in [0.15, 0.2) is 145 Å². The number of phenols is 1. The summed E-state index contributed by atoms with van der Waals surface area (Å²) >= 11 is 0. The summed E-state index contributed by atoms with van der Waals surface area (Å²) in [6, 6.07) is 37.3. The SMILES string of the molecule is COc1cc(C(=O)NCc2ncc(-c3cccc(C(O)(C(=O)OCC4CCN(Cc5ccccc5)CC4)c4ccccc4)c3)cn2)ccc1CNC[C@H](O)c1ccc(O)c2[nH]c(=O)ccc12. The largest absolute Gasteiger partial charge is 0.506 e. The number of hydrogen-bond donors (Lipinski definition) is 6. The average molecular weight is 889 g/mol. The van der Waals surface area contributed by atoms with Gasteiger partial charge in [-0.15, -0.1) is 0 Å². The Morgan fingerprint density at radius 2 is 1.58 bits per heavy atom. The molecule has 0 saturated carbocycles. The first kappa shape index (κ1) is 45.3. The van der Waals surface area contributed by atoms with Crippen LogP contribution >= 0.6 is 0 Å². The van der Waals surface area contributed by atoms with Crippen molar-refractivity contribution < 1.29 is 34.4 Å². The Hall–Kier alpha value is -7.23. The molecule has 1 aliphatic heterocycles. The minimum absolute atomic E-state index is 0.0497. The van der Waals surface area contributed by atoms with E-state index < -0.39 is 17.7 Å². The third kappa shape index (κ3) is 10.5. The Bertz CT molecular complexity index is 2830. The first-order chi connectivity index (χ1) is 32.1. The number of benzene rings is 5. The maximum Gasteiger partial charge on any atom is 0.347 e. The summed E-state index contributed by atoms with van der Waals surface area (Å²) < 4.78 is 11.5. The molecule has 0 bridgehead atoms. The second kappa shape index (κ2) is 20.7. The van der Waals surface area contributed by atoms with Crippen LogP contribution in [0.1, 0.15) is 62.9 Å². The molecule has 14 heteroatoms. The molecule has 0 radical (unpaired) electrons. The highest BCUT2D eigenvalue weighted by Crippen LogP contribution is 2.35. The smallest absolute Gasteiger partial charge is 0.347 e. The van der Waals surface area contributed by atoms with Gasteiger partial charge >= 0.3 is 5.97 Å². The van der Waals surface area contributed by atoms with Gasteiger partial charge in [0.15, 0.2) is 0 Å². The number of aromatic hydroxyl groups is 1. The van der Waals surface area contributed by atoms with Crippen molar-refractivity contribution in [3.8, 4) is 22.6 Å². The predicted molar refractivity (Wildman–Crippen MR) is 249 cm³/mol. The number of aromatic nitrogens is 3. The number of phenolic OH excluding ortho intramolecular Hbond substituents is 1. The molecule has 2 aromatic heterocycles. The highest BCUT2D eigenvalue weighted by atomic mass is 16.5. The number of rotatable bonds is 17. The Morgan fingerprint density at radius 1 is 0.848 bits per heavy atom. The molecule has 14 nitrogen and oxygen atoms in total. The number of carbonyl (C=O) groups is 2. The number of nitrogens with zero attached hydrogens (tertiary/aromatic N) is 3. The van der Waals surface area contributed by atoms with Crippen molar-refractivity contribution in [3.63, 3.8) is 0 Å². The van der Waals surface area contributed by atoms with Crippen LogP contribution in [0.4, 0.5) is 0 Å². The van der Waals surface area contributed by atoms with Crippen molar-refractivity contribution in [2.45, 2.75) is 44.2 Å². The van der Waals surface area contributed by atoms with Gasteiger partial charge < -0.3 is 40.4 Å². The lowest BCUT2D eigenvalue weighted by atomic mass is 9.85. The number of nitrogens with one attached hydrogen (secondary N) is 3. The first-order valence-corrected chi connectivity index (χ1v) is 21.9. The highest BCUT2D eigenvalue weighted by Gasteiger charge is 2.42. The molecule has 1 aliphatic rings. The van der Waals surface area contributed by atoms with E-state index >= 15 is 0 Å². The van der Waals surface area contributed by atoms with Gasteiger partial charge in [0.1, 0.15) is 17.3 Å². The molecule has 7 aromatic rings. The molecule has 3 heterocycles. The summed E-state index contributed by atoms with van der Waals surface area (Å²) in [4.78, 5) is 53.0. The number of methoxy groups -OCH3 is 1. The number of esters is 1. The number of aliphatic hydroxyl groups is 2. The molecule has 0 aliphatic carbocycles. The fourth-order valence-corrected chi connectivity index (χ4v) is 8.35. The molecule has 1 amide bonds. The van der Waals surface area contributed by atoms with Gasteiger partial charge in [-0.1, -0.05) is 91.0 Å². The third-order valence-corrected chi connectivity index (χ3v) is 12.1. The van der Waals surface area contributed by atoms with Gasteiger partial charge in [-0.25, -0.2) is 14.8 Å². The molecule has 1 fully saturated rings. The topological polar surface area (TPSA) is 199 Å².